The molecule has 1 saturated heterocycles. The Morgan fingerprint density at radius 3 is 2.12 bits per heavy atom. The maximum atomic E-state index is 12.8. The molecule has 0 aromatic rings. The summed E-state index contributed by atoms with van der Waals surface area (Å²) in [4.78, 5) is 15.0. The standard InChI is InChI=1S/C14H21NOS/c16-13(15-1-2-17-9-15)14-6-10-3-11(7-14)5-12(4-10)8-14/h10-12H,1-9H2. The van der Waals surface area contributed by atoms with Crippen LogP contribution in [0.3, 0.4) is 0 Å². The first-order chi connectivity index (χ1) is 8.25. The SMILES string of the molecule is O=C(N1CCSC1)C12CC3CC(CC(C3)C1)C2. The van der Waals surface area contributed by atoms with E-state index in [9.17, 15) is 4.79 Å². The zero-order chi connectivity index (χ0) is 11.5. The smallest absolute Gasteiger partial charge is 0.229 e. The van der Waals surface area contributed by atoms with Gasteiger partial charge in [-0.05, 0) is 56.3 Å². The Kier molecular flexibility index (Phi) is 2.31. The van der Waals surface area contributed by atoms with Gasteiger partial charge in [0.05, 0.1) is 11.3 Å². The average Bonchev–Trinajstić information content (AvgIpc) is 2.79. The lowest BCUT2D eigenvalue weighted by molar-refractivity contribution is -0.156. The second-order valence-corrected chi connectivity index (χ2v) is 7.88. The van der Waals surface area contributed by atoms with Crippen LogP contribution in [-0.2, 0) is 4.79 Å². The first-order valence-corrected chi connectivity index (χ1v) is 8.28. The Hall–Kier alpha value is -0.180. The van der Waals surface area contributed by atoms with E-state index in [-0.39, 0.29) is 5.41 Å². The van der Waals surface area contributed by atoms with Gasteiger partial charge in [-0.15, -0.1) is 11.8 Å². The molecule has 0 atom stereocenters. The molecule has 1 heterocycles. The molecule has 0 radical (unpaired) electrons. The highest BCUT2D eigenvalue weighted by Gasteiger charge is 2.55. The van der Waals surface area contributed by atoms with Gasteiger partial charge in [0.15, 0.2) is 0 Å². The van der Waals surface area contributed by atoms with Crippen molar-refractivity contribution < 1.29 is 4.79 Å². The number of carbonyl (C=O) groups excluding carboxylic acids is 1. The lowest BCUT2D eigenvalue weighted by atomic mass is 9.49. The van der Waals surface area contributed by atoms with Crippen LogP contribution in [0.15, 0.2) is 0 Å². The monoisotopic (exact) mass is 251 g/mol. The molecule has 0 spiro atoms. The molecule has 2 nitrogen and oxygen atoms in total. The lowest BCUT2D eigenvalue weighted by Gasteiger charge is -2.56. The third-order valence-corrected chi connectivity index (χ3v) is 6.50. The van der Waals surface area contributed by atoms with Gasteiger partial charge in [0.25, 0.3) is 0 Å². The highest BCUT2D eigenvalue weighted by molar-refractivity contribution is 7.99. The maximum absolute atomic E-state index is 12.8. The predicted octanol–water partition coefficient (Wildman–Crippen LogP) is 2.74. The van der Waals surface area contributed by atoms with E-state index < -0.39 is 0 Å². The number of thioether (sulfide) groups is 1. The van der Waals surface area contributed by atoms with Gasteiger partial charge < -0.3 is 4.90 Å². The molecule has 5 fully saturated rings. The topological polar surface area (TPSA) is 20.3 Å². The molecule has 3 heteroatoms. The maximum Gasteiger partial charge on any atom is 0.229 e. The summed E-state index contributed by atoms with van der Waals surface area (Å²) in [6.07, 6.45) is 7.96. The predicted molar refractivity (Wildman–Crippen MR) is 69.6 cm³/mol. The first kappa shape index (κ1) is 10.7. The summed E-state index contributed by atoms with van der Waals surface area (Å²) in [5.74, 6) is 5.31. The third kappa shape index (κ3) is 1.57. The molecular formula is C14H21NOS. The Labute approximate surface area is 108 Å². The second-order valence-electron chi connectivity index (χ2n) is 6.80. The van der Waals surface area contributed by atoms with Crippen molar-refractivity contribution in [2.45, 2.75) is 38.5 Å². The summed E-state index contributed by atoms with van der Waals surface area (Å²) in [5.41, 5.74) is 0.0969. The fourth-order valence-corrected chi connectivity index (χ4v) is 6.23. The molecule has 94 valence electrons. The number of hydrogen-bond acceptors (Lipinski definition) is 2. The van der Waals surface area contributed by atoms with E-state index >= 15 is 0 Å². The Morgan fingerprint density at radius 2 is 1.65 bits per heavy atom. The van der Waals surface area contributed by atoms with Crippen LogP contribution in [0, 0.1) is 23.2 Å². The minimum absolute atomic E-state index is 0.0969. The van der Waals surface area contributed by atoms with Gasteiger partial charge in [0.1, 0.15) is 0 Å². The Bertz CT molecular complexity index is 313. The van der Waals surface area contributed by atoms with Crippen LogP contribution in [0.4, 0.5) is 0 Å². The van der Waals surface area contributed by atoms with Crippen molar-refractivity contribution in [3.63, 3.8) is 0 Å². The largest absolute Gasteiger partial charge is 0.332 e. The summed E-state index contributed by atoms with van der Waals surface area (Å²) >= 11 is 1.92. The lowest BCUT2D eigenvalue weighted by Crippen LogP contribution is -2.54. The van der Waals surface area contributed by atoms with Crippen molar-refractivity contribution in [2.75, 3.05) is 18.2 Å². The molecule has 0 aromatic carbocycles. The molecule has 17 heavy (non-hydrogen) atoms. The summed E-state index contributed by atoms with van der Waals surface area (Å²) in [6.45, 7) is 1.01. The quantitative estimate of drug-likeness (QED) is 0.714. The number of amides is 1. The van der Waals surface area contributed by atoms with E-state index in [0.29, 0.717) is 5.91 Å². The van der Waals surface area contributed by atoms with E-state index in [0.717, 1.165) is 35.9 Å². The molecule has 0 unspecified atom stereocenters. The number of rotatable bonds is 1. The van der Waals surface area contributed by atoms with Crippen molar-refractivity contribution in [3.8, 4) is 0 Å². The van der Waals surface area contributed by atoms with E-state index in [2.05, 4.69) is 4.90 Å². The fourth-order valence-electron chi connectivity index (χ4n) is 5.28. The van der Waals surface area contributed by atoms with Gasteiger partial charge in [-0.2, -0.15) is 0 Å². The van der Waals surface area contributed by atoms with Crippen LogP contribution < -0.4 is 0 Å². The molecule has 5 rings (SSSR count). The molecule has 4 aliphatic carbocycles. The van der Waals surface area contributed by atoms with Crippen molar-refractivity contribution in [3.05, 3.63) is 0 Å². The van der Waals surface area contributed by atoms with Gasteiger partial charge in [-0.1, -0.05) is 0 Å². The van der Waals surface area contributed by atoms with Crippen LogP contribution in [0.2, 0.25) is 0 Å². The fraction of sp³-hybridized carbons (Fsp3) is 0.929. The van der Waals surface area contributed by atoms with Crippen LogP contribution in [0.1, 0.15) is 38.5 Å². The highest BCUT2D eigenvalue weighted by Crippen LogP contribution is 2.60. The third-order valence-electron chi connectivity index (χ3n) is 5.53. The molecule has 1 amide bonds. The van der Waals surface area contributed by atoms with Gasteiger partial charge in [-0.25, -0.2) is 0 Å². The molecule has 4 bridgehead atoms. The minimum atomic E-state index is 0.0969. The molecular weight excluding hydrogens is 230 g/mol. The van der Waals surface area contributed by atoms with E-state index in [4.69, 9.17) is 0 Å². The van der Waals surface area contributed by atoms with Crippen LogP contribution in [0.5, 0.6) is 0 Å². The summed E-state index contributed by atoms with van der Waals surface area (Å²) in [5, 5.41) is 0. The first-order valence-electron chi connectivity index (χ1n) is 7.12. The van der Waals surface area contributed by atoms with Crippen LogP contribution >= 0.6 is 11.8 Å². The molecule has 0 aromatic heterocycles. The number of nitrogens with zero attached hydrogens (tertiary/aromatic N) is 1. The average molecular weight is 251 g/mol. The van der Waals surface area contributed by atoms with Gasteiger partial charge >= 0.3 is 0 Å². The van der Waals surface area contributed by atoms with Crippen LogP contribution in [0.25, 0.3) is 0 Å². The molecule has 5 aliphatic rings. The normalized spacial score (nSPS) is 47.8. The zero-order valence-electron chi connectivity index (χ0n) is 10.4. The van der Waals surface area contributed by atoms with E-state index in [1.54, 1.807) is 0 Å². The number of carbonyl (C=O) groups is 1. The van der Waals surface area contributed by atoms with Crippen molar-refractivity contribution in [1.29, 1.82) is 0 Å². The van der Waals surface area contributed by atoms with E-state index in [1.165, 1.54) is 38.5 Å². The minimum Gasteiger partial charge on any atom is -0.332 e. The van der Waals surface area contributed by atoms with Gasteiger partial charge in [-0.3, -0.25) is 4.79 Å². The summed E-state index contributed by atoms with van der Waals surface area (Å²) in [6, 6.07) is 0. The van der Waals surface area contributed by atoms with E-state index in [1.807, 2.05) is 11.8 Å². The second kappa shape index (κ2) is 3.66. The zero-order valence-corrected chi connectivity index (χ0v) is 11.2. The molecule has 1 aliphatic heterocycles. The summed E-state index contributed by atoms with van der Waals surface area (Å²) in [7, 11) is 0. The Balaban J connectivity index is 1.61. The van der Waals surface area contributed by atoms with Crippen molar-refractivity contribution in [1.82, 2.24) is 4.90 Å². The van der Waals surface area contributed by atoms with Crippen molar-refractivity contribution in [2.24, 2.45) is 23.2 Å². The van der Waals surface area contributed by atoms with Gasteiger partial charge in [0, 0.05) is 12.3 Å². The molecule has 0 N–H and O–H groups in total. The summed E-state index contributed by atoms with van der Waals surface area (Å²) < 4.78 is 0. The molecule has 4 saturated carbocycles. The van der Waals surface area contributed by atoms with Crippen molar-refractivity contribution >= 4 is 17.7 Å². The van der Waals surface area contributed by atoms with Gasteiger partial charge in [0.2, 0.25) is 5.91 Å². The Morgan fingerprint density at radius 1 is 1.06 bits per heavy atom. The number of hydrogen-bond donors (Lipinski definition) is 0. The highest BCUT2D eigenvalue weighted by atomic mass is 32.2. The van der Waals surface area contributed by atoms with Crippen LogP contribution in [-0.4, -0.2) is 29.0 Å².